The van der Waals surface area contributed by atoms with Crippen LogP contribution in [0.3, 0.4) is 0 Å². The quantitative estimate of drug-likeness (QED) is 0.731. The average molecular weight is 215 g/mol. The van der Waals surface area contributed by atoms with Crippen molar-refractivity contribution in [1.82, 2.24) is 14.9 Å². The SMILES string of the molecule is CCOCCNC(=O)c1snnc1C. The van der Waals surface area contributed by atoms with E-state index in [0.717, 1.165) is 11.5 Å². The molecule has 1 aromatic heterocycles. The largest absolute Gasteiger partial charge is 0.380 e. The molecule has 6 heteroatoms. The van der Waals surface area contributed by atoms with Crippen molar-refractivity contribution in [2.24, 2.45) is 0 Å². The molecule has 1 amide bonds. The van der Waals surface area contributed by atoms with Crippen molar-refractivity contribution in [3.05, 3.63) is 10.6 Å². The summed E-state index contributed by atoms with van der Waals surface area (Å²) in [6, 6.07) is 0. The molecule has 0 unspecified atom stereocenters. The minimum atomic E-state index is -0.128. The van der Waals surface area contributed by atoms with Gasteiger partial charge in [0.1, 0.15) is 4.88 Å². The lowest BCUT2D eigenvalue weighted by molar-refractivity contribution is 0.0926. The summed E-state index contributed by atoms with van der Waals surface area (Å²) in [4.78, 5) is 12.0. The lowest BCUT2D eigenvalue weighted by atomic mass is 10.4. The maximum atomic E-state index is 11.5. The van der Waals surface area contributed by atoms with Gasteiger partial charge < -0.3 is 10.1 Å². The second-order valence-electron chi connectivity index (χ2n) is 2.64. The molecule has 0 bridgehead atoms. The van der Waals surface area contributed by atoms with Gasteiger partial charge in [-0.15, -0.1) is 5.10 Å². The summed E-state index contributed by atoms with van der Waals surface area (Å²) in [5.41, 5.74) is 0.670. The van der Waals surface area contributed by atoms with E-state index in [1.807, 2.05) is 6.92 Å². The van der Waals surface area contributed by atoms with Crippen molar-refractivity contribution in [3.8, 4) is 0 Å². The first kappa shape index (κ1) is 11.1. The van der Waals surface area contributed by atoms with E-state index in [9.17, 15) is 4.79 Å². The zero-order valence-corrected chi connectivity index (χ0v) is 9.06. The number of carbonyl (C=O) groups is 1. The summed E-state index contributed by atoms with van der Waals surface area (Å²) in [5.74, 6) is -0.128. The van der Waals surface area contributed by atoms with Crippen molar-refractivity contribution in [3.63, 3.8) is 0 Å². The second-order valence-corrected chi connectivity index (χ2v) is 3.39. The van der Waals surface area contributed by atoms with Crippen LogP contribution in [-0.2, 0) is 4.74 Å². The van der Waals surface area contributed by atoms with Gasteiger partial charge in [0.15, 0.2) is 0 Å². The first-order valence-electron chi connectivity index (χ1n) is 4.40. The van der Waals surface area contributed by atoms with Gasteiger partial charge in [0.2, 0.25) is 0 Å². The predicted molar refractivity (Wildman–Crippen MR) is 53.5 cm³/mol. The van der Waals surface area contributed by atoms with Gasteiger partial charge in [-0.3, -0.25) is 4.79 Å². The second kappa shape index (κ2) is 5.66. The van der Waals surface area contributed by atoms with Gasteiger partial charge in [-0.1, -0.05) is 4.49 Å². The van der Waals surface area contributed by atoms with E-state index in [1.165, 1.54) is 0 Å². The van der Waals surface area contributed by atoms with E-state index in [-0.39, 0.29) is 5.91 Å². The number of nitrogens with one attached hydrogen (secondary N) is 1. The van der Waals surface area contributed by atoms with E-state index in [1.54, 1.807) is 6.92 Å². The highest BCUT2D eigenvalue weighted by Crippen LogP contribution is 2.07. The molecular formula is C8H13N3O2S. The first-order valence-corrected chi connectivity index (χ1v) is 5.18. The van der Waals surface area contributed by atoms with Gasteiger partial charge in [0.05, 0.1) is 12.3 Å². The van der Waals surface area contributed by atoms with E-state index in [4.69, 9.17) is 4.74 Å². The molecule has 1 N–H and O–H groups in total. The number of aryl methyl sites for hydroxylation is 1. The Morgan fingerprint density at radius 2 is 2.43 bits per heavy atom. The van der Waals surface area contributed by atoms with Crippen molar-refractivity contribution in [2.45, 2.75) is 13.8 Å². The summed E-state index contributed by atoms with van der Waals surface area (Å²) < 4.78 is 8.78. The van der Waals surface area contributed by atoms with Crippen molar-refractivity contribution in [2.75, 3.05) is 19.8 Å². The van der Waals surface area contributed by atoms with Gasteiger partial charge in [-0.2, -0.15) is 0 Å². The lowest BCUT2D eigenvalue weighted by Crippen LogP contribution is -2.27. The Morgan fingerprint density at radius 3 is 3.00 bits per heavy atom. The molecule has 0 saturated heterocycles. The van der Waals surface area contributed by atoms with Crippen molar-refractivity contribution < 1.29 is 9.53 Å². The fourth-order valence-electron chi connectivity index (χ4n) is 0.901. The smallest absolute Gasteiger partial charge is 0.265 e. The van der Waals surface area contributed by atoms with Crippen LogP contribution >= 0.6 is 11.5 Å². The summed E-state index contributed by atoms with van der Waals surface area (Å²) in [6.45, 7) is 5.40. The van der Waals surface area contributed by atoms with Gasteiger partial charge in [0, 0.05) is 13.2 Å². The van der Waals surface area contributed by atoms with Crippen LogP contribution < -0.4 is 5.32 Å². The Hall–Kier alpha value is -1.01. The Morgan fingerprint density at radius 1 is 1.64 bits per heavy atom. The van der Waals surface area contributed by atoms with Gasteiger partial charge in [-0.05, 0) is 25.4 Å². The third-order valence-corrected chi connectivity index (χ3v) is 2.42. The Bertz CT molecular complexity index is 301. The first-order chi connectivity index (χ1) is 6.75. The molecule has 1 aromatic rings. The lowest BCUT2D eigenvalue weighted by Gasteiger charge is -2.02. The summed E-state index contributed by atoms with van der Waals surface area (Å²) in [7, 11) is 0. The number of aromatic nitrogens is 2. The average Bonchev–Trinajstić information content (AvgIpc) is 2.59. The van der Waals surface area contributed by atoms with Crippen molar-refractivity contribution in [1.29, 1.82) is 0 Å². The highest BCUT2D eigenvalue weighted by Gasteiger charge is 2.11. The van der Waals surface area contributed by atoms with Gasteiger partial charge >= 0.3 is 0 Å². The molecule has 0 aliphatic carbocycles. The fourth-order valence-corrected chi connectivity index (χ4v) is 1.47. The molecule has 0 aliphatic rings. The maximum absolute atomic E-state index is 11.5. The molecule has 1 heterocycles. The highest BCUT2D eigenvalue weighted by molar-refractivity contribution is 7.07. The molecule has 0 fully saturated rings. The van der Waals surface area contributed by atoms with E-state index in [2.05, 4.69) is 14.9 Å². The number of carbonyl (C=O) groups excluding carboxylic acids is 1. The molecule has 0 radical (unpaired) electrons. The van der Waals surface area contributed by atoms with Crippen LogP contribution in [0, 0.1) is 6.92 Å². The molecule has 14 heavy (non-hydrogen) atoms. The summed E-state index contributed by atoms with van der Waals surface area (Å²) in [6.07, 6.45) is 0. The molecule has 0 aliphatic heterocycles. The highest BCUT2D eigenvalue weighted by atomic mass is 32.1. The number of ether oxygens (including phenoxy) is 1. The van der Waals surface area contributed by atoms with Crippen LogP contribution in [-0.4, -0.2) is 35.3 Å². The third kappa shape index (κ3) is 3.04. The topological polar surface area (TPSA) is 64.1 Å². The minimum absolute atomic E-state index is 0.128. The maximum Gasteiger partial charge on any atom is 0.265 e. The van der Waals surface area contributed by atoms with E-state index >= 15 is 0 Å². The minimum Gasteiger partial charge on any atom is -0.380 e. The van der Waals surface area contributed by atoms with Gasteiger partial charge in [-0.25, -0.2) is 0 Å². The summed E-state index contributed by atoms with van der Waals surface area (Å²) in [5, 5.41) is 6.49. The van der Waals surface area contributed by atoms with Gasteiger partial charge in [0.25, 0.3) is 5.91 Å². The number of rotatable bonds is 5. The standard InChI is InChI=1S/C8H13N3O2S/c1-3-13-5-4-9-8(12)7-6(2)10-11-14-7/h3-5H2,1-2H3,(H,9,12). The molecule has 78 valence electrons. The zero-order chi connectivity index (χ0) is 10.4. The molecule has 0 saturated carbocycles. The normalized spacial score (nSPS) is 10.1. The molecular weight excluding hydrogens is 202 g/mol. The fraction of sp³-hybridized carbons (Fsp3) is 0.625. The number of nitrogens with zero attached hydrogens (tertiary/aromatic N) is 2. The van der Waals surface area contributed by atoms with Crippen LogP contribution in [0.1, 0.15) is 22.3 Å². The number of amides is 1. The van der Waals surface area contributed by atoms with Crippen molar-refractivity contribution >= 4 is 17.4 Å². The molecule has 0 aromatic carbocycles. The van der Waals surface area contributed by atoms with E-state index < -0.39 is 0 Å². The predicted octanol–water partition coefficient (Wildman–Crippen LogP) is 0.613. The number of hydrogen-bond acceptors (Lipinski definition) is 5. The van der Waals surface area contributed by atoms with Crippen LogP contribution in [0.25, 0.3) is 0 Å². The Labute approximate surface area is 86.6 Å². The third-order valence-electron chi connectivity index (χ3n) is 1.59. The van der Waals surface area contributed by atoms with Crippen LogP contribution in [0.15, 0.2) is 0 Å². The molecule has 1 rings (SSSR count). The van der Waals surface area contributed by atoms with Crippen LogP contribution in [0.5, 0.6) is 0 Å². The molecule has 0 spiro atoms. The Kier molecular flexibility index (Phi) is 4.48. The Balaban J connectivity index is 2.32. The summed E-state index contributed by atoms with van der Waals surface area (Å²) >= 11 is 1.11. The zero-order valence-electron chi connectivity index (χ0n) is 8.24. The van der Waals surface area contributed by atoms with Crippen LogP contribution in [0.4, 0.5) is 0 Å². The van der Waals surface area contributed by atoms with E-state index in [0.29, 0.717) is 30.3 Å². The van der Waals surface area contributed by atoms with Crippen LogP contribution in [0.2, 0.25) is 0 Å². The number of hydrogen-bond donors (Lipinski definition) is 1. The molecule has 0 atom stereocenters. The monoisotopic (exact) mass is 215 g/mol. The molecule has 5 nitrogen and oxygen atoms in total.